The van der Waals surface area contributed by atoms with E-state index in [2.05, 4.69) is 41.3 Å². The van der Waals surface area contributed by atoms with Crippen LogP contribution < -0.4 is 10.6 Å². The van der Waals surface area contributed by atoms with Crippen LogP contribution in [-0.2, 0) is 0 Å². The summed E-state index contributed by atoms with van der Waals surface area (Å²) < 4.78 is 14.1. The average Bonchev–Trinajstić information content (AvgIpc) is 2.28. The molecule has 1 aromatic carbocycles. The van der Waals surface area contributed by atoms with Gasteiger partial charge in [-0.15, -0.1) is 0 Å². The fraction of sp³-hybridized carbons (Fsp3) is 0.538. The first-order valence-corrected chi connectivity index (χ1v) is 7.06. The van der Waals surface area contributed by atoms with Crippen LogP contribution >= 0.6 is 22.6 Å². The minimum atomic E-state index is -0.174. The van der Waals surface area contributed by atoms with E-state index in [4.69, 9.17) is 5.73 Å². The molecule has 3 unspecified atom stereocenters. The van der Waals surface area contributed by atoms with E-state index in [1.54, 1.807) is 6.07 Å². The van der Waals surface area contributed by atoms with Crippen molar-refractivity contribution in [3.63, 3.8) is 0 Å². The lowest BCUT2D eigenvalue weighted by Crippen LogP contribution is -2.52. The molecule has 2 N–H and O–H groups in total. The first-order chi connectivity index (χ1) is 8.00. The SMILES string of the molecule is CC1C(N)CCN(c2ccc(F)cc2I)C1C. The third-order valence-corrected chi connectivity index (χ3v) is 4.71. The second-order valence-corrected chi connectivity index (χ2v) is 6.00. The van der Waals surface area contributed by atoms with Crippen molar-refractivity contribution in [2.24, 2.45) is 11.7 Å². The lowest BCUT2D eigenvalue weighted by atomic mass is 9.87. The van der Waals surface area contributed by atoms with Crippen LogP contribution in [0.5, 0.6) is 0 Å². The molecule has 2 rings (SSSR count). The second-order valence-electron chi connectivity index (χ2n) is 4.84. The maximum absolute atomic E-state index is 13.1. The van der Waals surface area contributed by atoms with Crippen LogP contribution in [0.3, 0.4) is 0 Å². The topological polar surface area (TPSA) is 29.3 Å². The number of halogens is 2. The number of hydrogen-bond acceptors (Lipinski definition) is 2. The molecule has 1 fully saturated rings. The Morgan fingerprint density at radius 3 is 2.76 bits per heavy atom. The molecule has 0 aromatic heterocycles. The Labute approximate surface area is 116 Å². The summed E-state index contributed by atoms with van der Waals surface area (Å²) in [6.07, 6.45) is 0.999. The molecule has 0 spiro atoms. The first-order valence-electron chi connectivity index (χ1n) is 5.98. The average molecular weight is 348 g/mol. The van der Waals surface area contributed by atoms with Crippen LogP contribution in [0.2, 0.25) is 0 Å². The minimum absolute atomic E-state index is 0.174. The normalized spacial score (nSPS) is 29.5. The molecule has 1 aromatic rings. The summed E-state index contributed by atoms with van der Waals surface area (Å²) in [5.41, 5.74) is 7.21. The van der Waals surface area contributed by atoms with Gasteiger partial charge >= 0.3 is 0 Å². The lowest BCUT2D eigenvalue weighted by molar-refractivity contribution is 0.315. The van der Waals surface area contributed by atoms with Crippen molar-refractivity contribution in [2.75, 3.05) is 11.4 Å². The summed E-state index contributed by atoms with van der Waals surface area (Å²) in [6, 6.07) is 5.67. The third-order valence-electron chi connectivity index (χ3n) is 3.85. The lowest BCUT2D eigenvalue weighted by Gasteiger charge is -2.43. The summed E-state index contributed by atoms with van der Waals surface area (Å²) in [7, 11) is 0. The Balaban J connectivity index is 2.28. The molecule has 0 amide bonds. The molecular formula is C13H18FIN2. The van der Waals surface area contributed by atoms with Gasteiger partial charge in [0.05, 0.1) is 5.69 Å². The summed E-state index contributed by atoms with van der Waals surface area (Å²) >= 11 is 2.20. The van der Waals surface area contributed by atoms with Gasteiger partial charge in [0.15, 0.2) is 0 Å². The molecule has 0 aliphatic carbocycles. The molecule has 1 heterocycles. The molecule has 0 bridgehead atoms. The Hall–Kier alpha value is -0.360. The van der Waals surface area contributed by atoms with E-state index in [0.29, 0.717) is 12.0 Å². The van der Waals surface area contributed by atoms with Crippen LogP contribution in [0.4, 0.5) is 10.1 Å². The van der Waals surface area contributed by atoms with Crippen LogP contribution in [0.1, 0.15) is 20.3 Å². The zero-order chi connectivity index (χ0) is 12.6. The molecule has 17 heavy (non-hydrogen) atoms. The maximum atomic E-state index is 13.1. The van der Waals surface area contributed by atoms with Gasteiger partial charge in [-0.05, 0) is 60.1 Å². The highest BCUT2D eigenvalue weighted by Crippen LogP contribution is 2.31. The van der Waals surface area contributed by atoms with E-state index in [1.165, 1.54) is 6.07 Å². The van der Waals surface area contributed by atoms with E-state index in [0.717, 1.165) is 22.2 Å². The quantitative estimate of drug-likeness (QED) is 0.791. The summed E-state index contributed by atoms with van der Waals surface area (Å²) in [5.74, 6) is 0.289. The highest BCUT2D eigenvalue weighted by molar-refractivity contribution is 14.1. The molecule has 2 nitrogen and oxygen atoms in total. The predicted octanol–water partition coefficient (Wildman–Crippen LogP) is 2.99. The Morgan fingerprint density at radius 2 is 2.12 bits per heavy atom. The van der Waals surface area contributed by atoms with Crippen molar-refractivity contribution in [1.29, 1.82) is 0 Å². The Kier molecular flexibility index (Phi) is 3.92. The largest absolute Gasteiger partial charge is 0.368 e. The monoisotopic (exact) mass is 348 g/mol. The van der Waals surface area contributed by atoms with Gasteiger partial charge in [-0.25, -0.2) is 4.39 Å². The number of hydrogen-bond donors (Lipinski definition) is 1. The maximum Gasteiger partial charge on any atom is 0.124 e. The summed E-state index contributed by atoms with van der Waals surface area (Å²) in [5, 5.41) is 0. The fourth-order valence-corrected chi connectivity index (χ4v) is 3.24. The minimum Gasteiger partial charge on any atom is -0.368 e. The van der Waals surface area contributed by atoms with Crippen LogP contribution in [-0.4, -0.2) is 18.6 Å². The molecule has 1 aliphatic rings. The molecular weight excluding hydrogens is 330 g/mol. The van der Waals surface area contributed by atoms with Crippen molar-refractivity contribution in [3.05, 3.63) is 27.6 Å². The zero-order valence-electron chi connectivity index (χ0n) is 10.2. The standard InChI is InChI=1S/C13H18FIN2/c1-8-9(2)17(6-5-12(8)16)13-4-3-10(14)7-11(13)15/h3-4,7-9,12H,5-6,16H2,1-2H3. The first kappa shape index (κ1) is 13.1. The third kappa shape index (κ3) is 2.57. The van der Waals surface area contributed by atoms with Gasteiger partial charge in [0.1, 0.15) is 5.82 Å². The van der Waals surface area contributed by atoms with Gasteiger partial charge in [-0.2, -0.15) is 0 Å². The number of piperidine rings is 1. The molecule has 1 aliphatic heterocycles. The molecule has 94 valence electrons. The molecule has 0 radical (unpaired) electrons. The van der Waals surface area contributed by atoms with Gasteiger partial charge in [-0.1, -0.05) is 6.92 Å². The van der Waals surface area contributed by atoms with E-state index in [9.17, 15) is 4.39 Å². The van der Waals surface area contributed by atoms with Gasteiger partial charge in [-0.3, -0.25) is 0 Å². The van der Waals surface area contributed by atoms with Crippen LogP contribution in [0.25, 0.3) is 0 Å². The molecule has 4 heteroatoms. The molecule has 1 saturated heterocycles. The summed E-state index contributed by atoms with van der Waals surface area (Å²) in [6.45, 7) is 5.34. The van der Waals surface area contributed by atoms with Gasteiger partial charge in [0, 0.05) is 22.2 Å². The van der Waals surface area contributed by atoms with Crippen LogP contribution in [0, 0.1) is 15.3 Å². The number of benzene rings is 1. The van der Waals surface area contributed by atoms with Gasteiger partial charge in [0.25, 0.3) is 0 Å². The van der Waals surface area contributed by atoms with Crippen molar-refractivity contribution < 1.29 is 4.39 Å². The van der Waals surface area contributed by atoms with Crippen LogP contribution in [0.15, 0.2) is 18.2 Å². The van der Waals surface area contributed by atoms with E-state index >= 15 is 0 Å². The zero-order valence-corrected chi connectivity index (χ0v) is 12.3. The molecule has 3 atom stereocenters. The second kappa shape index (κ2) is 5.10. The van der Waals surface area contributed by atoms with E-state index < -0.39 is 0 Å². The van der Waals surface area contributed by atoms with Crippen molar-refractivity contribution in [2.45, 2.75) is 32.4 Å². The highest BCUT2D eigenvalue weighted by Gasteiger charge is 2.31. The van der Waals surface area contributed by atoms with Crippen molar-refractivity contribution in [1.82, 2.24) is 0 Å². The van der Waals surface area contributed by atoms with E-state index in [-0.39, 0.29) is 11.9 Å². The highest BCUT2D eigenvalue weighted by atomic mass is 127. The smallest absolute Gasteiger partial charge is 0.124 e. The van der Waals surface area contributed by atoms with Crippen molar-refractivity contribution >= 4 is 28.3 Å². The number of anilines is 1. The van der Waals surface area contributed by atoms with Crippen molar-refractivity contribution in [3.8, 4) is 0 Å². The number of nitrogens with two attached hydrogens (primary N) is 1. The van der Waals surface area contributed by atoms with Gasteiger partial charge < -0.3 is 10.6 Å². The van der Waals surface area contributed by atoms with Gasteiger partial charge in [0.2, 0.25) is 0 Å². The Morgan fingerprint density at radius 1 is 1.41 bits per heavy atom. The summed E-state index contributed by atoms with van der Waals surface area (Å²) in [4.78, 5) is 2.34. The van der Waals surface area contributed by atoms with E-state index in [1.807, 2.05) is 6.07 Å². The Bertz CT molecular complexity index is 410. The predicted molar refractivity (Wildman–Crippen MR) is 77.7 cm³/mol. The molecule has 0 saturated carbocycles. The number of rotatable bonds is 1. The number of nitrogens with zero attached hydrogens (tertiary/aromatic N) is 1. The fourth-order valence-electron chi connectivity index (χ4n) is 2.45.